The van der Waals surface area contributed by atoms with Gasteiger partial charge in [-0.25, -0.2) is 4.98 Å². The summed E-state index contributed by atoms with van der Waals surface area (Å²) in [5.41, 5.74) is 3.20. The van der Waals surface area contributed by atoms with Gasteiger partial charge in [0.25, 0.3) is 0 Å². The van der Waals surface area contributed by atoms with Gasteiger partial charge >= 0.3 is 0 Å². The summed E-state index contributed by atoms with van der Waals surface area (Å²) in [6.07, 6.45) is 2.44. The Morgan fingerprint density at radius 1 is 1.07 bits per heavy atom. The fourth-order valence-electron chi connectivity index (χ4n) is 2.69. The summed E-state index contributed by atoms with van der Waals surface area (Å²) in [6.45, 7) is 0.667. The van der Waals surface area contributed by atoms with Crippen LogP contribution in [0.3, 0.4) is 0 Å². The molecule has 0 bridgehead atoms. The maximum Gasteiger partial charge on any atom is 0.224 e. The van der Waals surface area contributed by atoms with Gasteiger partial charge in [0, 0.05) is 6.54 Å². The van der Waals surface area contributed by atoms with Crippen LogP contribution in [0.5, 0.6) is 11.5 Å². The average Bonchev–Trinajstić information content (AvgIpc) is 3.13. The number of rotatable bonds is 6. The van der Waals surface area contributed by atoms with Crippen LogP contribution in [0.15, 0.2) is 54.7 Å². The summed E-state index contributed by atoms with van der Waals surface area (Å²) in [5.74, 6) is 1.55. The van der Waals surface area contributed by atoms with Crippen molar-refractivity contribution in [1.82, 2.24) is 25.0 Å². The smallest absolute Gasteiger partial charge is 0.224 e. The molecule has 2 aromatic carbocycles. The van der Waals surface area contributed by atoms with Crippen LogP contribution in [0.4, 0.5) is 5.95 Å². The number of benzene rings is 2. The molecule has 0 unspecified atom stereocenters. The Morgan fingerprint density at radius 2 is 1.85 bits per heavy atom. The third-order valence-electron chi connectivity index (χ3n) is 4.14. The minimum absolute atomic E-state index is 0.264. The van der Waals surface area contributed by atoms with Crippen molar-refractivity contribution < 1.29 is 9.84 Å². The average molecular weight is 362 g/mol. The third kappa shape index (κ3) is 3.64. The van der Waals surface area contributed by atoms with Crippen LogP contribution in [0.25, 0.3) is 16.9 Å². The number of hydrogen-bond donors (Lipinski definition) is 2. The monoisotopic (exact) mass is 362 g/mol. The molecule has 8 heteroatoms. The zero-order chi connectivity index (χ0) is 18.6. The second-order valence-corrected chi connectivity index (χ2v) is 5.94. The number of nitrogens with zero attached hydrogens (tertiary/aromatic N) is 5. The molecule has 0 atom stereocenters. The van der Waals surface area contributed by atoms with Crippen molar-refractivity contribution in [3.8, 4) is 17.2 Å². The van der Waals surface area contributed by atoms with Gasteiger partial charge in [0.2, 0.25) is 5.95 Å². The van der Waals surface area contributed by atoms with Gasteiger partial charge in [-0.3, -0.25) is 0 Å². The standard InChI is InChI=1S/C19H18N6O2/c1-27-16-8-4-14(5-9-16)25-18-17(23-24-25)12-21-19(22-18)20-11-10-13-2-6-15(26)7-3-13/h2-9,12,26H,10-11H2,1H3,(H,20,21,22). The number of phenols is 1. The molecular formula is C19H18N6O2. The normalized spacial score (nSPS) is 10.9. The Balaban J connectivity index is 1.51. The van der Waals surface area contributed by atoms with E-state index in [1.807, 2.05) is 36.4 Å². The Hall–Kier alpha value is -3.68. The predicted molar refractivity (Wildman–Crippen MR) is 101 cm³/mol. The van der Waals surface area contributed by atoms with E-state index in [0.717, 1.165) is 23.4 Å². The summed E-state index contributed by atoms with van der Waals surface area (Å²) in [7, 11) is 1.63. The van der Waals surface area contributed by atoms with Crippen LogP contribution in [0.2, 0.25) is 0 Å². The largest absolute Gasteiger partial charge is 0.508 e. The second kappa shape index (κ2) is 7.28. The molecule has 2 N–H and O–H groups in total. The van der Waals surface area contributed by atoms with E-state index in [1.54, 1.807) is 30.1 Å². The van der Waals surface area contributed by atoms with Crippen molar-refractivity contribution >= 4 is 17.1 Å². The molecule has 0 saturated carbocycles. The van der Waals surface area contributed by atoms with E-state index in [-0.39, 0.29) is 5.75 Å². The molecule has 27 heavy (non-hydrogen) atoms. The molecule has 2 aromatic heterocycles. The van der Waals surface area contributed by atoms with Crippen molar-refractivity contribution in [2.45, 2.75) is 6.42 Å². The lowest BCUT2D eigenvalue weighted by Gasteiger charge is -2.06. The molecule has 0 saturated heterocycles. The zero-order valence-electron chi connectivity index (χ0n) is 14.7. The molecule has 4 aromatic rings. The highest BCUT2D eigenvalue weighted by Gasteiger charge is 2.10. The van der Waals surface area contributed by atoms with E-state index in [4.69, 9.17) is 4.74 Å². The molecule has 0 aliphatic rings. The van der Waals surface area contributed by atoms with Crippen molar-refractivity contribution in [3.05, 3.63) is 60.3 Å². The maximum absolute atomic E-state index is 9.33. The number of fused-ring (bicyclic) bond motifs is 1. The second-order valence-electron chi connectivity index (χ2n) is 5.94. The quantitative estimate of drug-likeness (QED) is 0.544. The molecule has 8 nitrogen and oxygen atoms in total. The number of hydrogen-bond acceptors (Lipinski definition) is 7. The van der Waals surface area contributed by atoms with Crippen LogP contribution < -0.4 is 10.1 Å². The molecule has 136 valence electrons. The summed E-state index contributed by atoms with van der Waals surface area (Å²) in [4.78, 5) is 8.83. The van der Waals surface area contributed by atoms with E-state index in [1.165, 1.54) is 0 Å². The SMILES string of the molecule is COc1ccc(-n2nnc3cnc(NCCc4ccc(O)cc4)nc32)cc1. The lowest BCUT2D eigenvalue weighted by Crippen LogP contribution is -2.08. The van der Waals surface area contributed by atoms with Gasteiger partial charge in [0.1, 0.15) is 11.5 Å². The summed E-state index contributed by atoms with van der Waals surface area (Å²) >= 11 is 0. The van der Waals surface area contributed by atoms with Crippen molar-refractivity contribution in [2.75, 3.05) is 19.0 Å². The van der Waals surface area contributed by atoms with Gasteiger partial charge < -0.3 is 15.2 Å². The highest BCUT2D eigenvalue weighted by molar-refractivity contribution is 5.72. The summed E-state index contributed by atoms with van der Waals surface area (Å²) in [6, 6.07) is 14.7. The number of methoxy groups -OCH3 is 1. The minimum atomic E-state index is 0.264. The van der Waals surface area contributed by atoms with Gasteiger partial charge in [-0.2, -0.15) is 9.67 Å². The molecule has 4 rings (SSSR count). The Kier molecular flexibility index (Phi) is 4.52. The van der Waals surface area contributed by atoms with Crippen LogP contribution in [-0.2, 0) is 6.42 Å². The van der Waals surface area contributed by atoms with Gasteiger partial charge in [0.15, 0.2) is 11.2 Å². The number of aromatic nitrogens is 5. The van der Waals surface area contributed by atoms with Crippen LogP contribution in [0, 0.1) is 0 Å². The van der Waals surface area contributed by atoms with E-state index in [0.29, 0.717) is 23.7 Å². The molecule has 0 aliphatic heterocycles. The molecular weight excluding hydrogens is 344 g/mol. The Bertz CT molecular complexity index is 1040. The van der Waals surface area contributed by atoms with Gasteiger partial charge in [0.05, 0.1) is 19.0 Å². The highest BCUT2D eigenvalue weighted by Crippen LogP contribution is 2.18. The number of phenolic OH excluding ortho intramolecular Hbond substituents is 1. The molecule has 0 spiro atoms. The first-order chi connectivity index (χ1) is 13.2. The lowest BCUT2D eigenvalue weighted by molar-refractivity contribution is 0.414. The van der Waals surface area contributed by atoms with E-state index >= 15 is 0 Å². The molecule has 0 fully saturated rings. The van der Waals surface area contributed by atoms with Gasteiger partial charge in [-0.15, -0.1) is 5.10 Å². The number of ether oxygens (including phenoxy) is 1. The number of aromatic hydroxyl groups is 1. The van der Waals surface area contributed by atoms with Crippen LogP contribution >= 0.6 is 0 Å². The minimum Gasteiger partial charge on any atom is -0.508 e. The van der Waals surface area contributed by atoms with Gasteiger partial charge in [-0.1, -0.05) is 17.3 Å². The fraction of sp³-hybridized carbons (Fsp3) is 0.158. The lowest BCUT2D eigenvalue weighted by atomic mass is 10.1. The number of nitrogens with one attached hydrogen (secondary N) is 1. The maximum atomic E-state index is 9.33. The first-order valence-corrected chi connectivity index (χ1v) is 8.47. The van der Waals surface area contributed by atoms with Crippen molar-refractivity contribution in [2.24, 2.45) is 0 Å². The van der Waals surface area contributed by atoms with E-state index < -0.39 is 0 Å². The molecule has 0 radical (unpaired) electrons. The molecule has 0 aliphatic carbocycles. The molecule has 0 amide bonds. The summed E-state index contributed by atoms with van der Waals surface area (Å²) in [5, 5.41) is 20.8. The first kappa shape index (κ1) is 16.8. The first-order valence-electron chi connectivity index (χ1n) is 8.47. The Labute approximate surface area is 155 Å². The van der Waals surface area contributed by atoms with Crippen LogP contribution in [0.1, 0.15) is 5.56 Å². The number of anilines is 1. The third-order valence-corrected chi connectivity index (χ3v) is 4.14. The highest BCUT2D eigenvalue weighted by atomic mass is 16.5. The van der Waals surface area contributed by atoms with Crippen LogP contribution in [-0.4, -0.2) is 43.7 Å². The summed E-state index contributed by atoms with van der Waals surface area (Å²) < 4.78 is 6.85. The Morgan fingerprint density at radius 3 is 2.59 bits per heavy atom. The van der Waals surface area contributed by atoms with E-state index in [9.17, 15) is 5.11 Å². The zero-order valence-corrected chi connectivity index (χ0v) is 14.7. The van der Waals surface area contributed by atoms with Crippen molar-refractivity contribution in [1.29, 1.82) is 0 Å². The predicted octanol–water partition coefficient (Wildman–Crippen LogP) is 2.58. The fourth-order valence-corrected chi connectivity index (χ4v) is 2.69. The van der Waals surface area contributed by atoms with E-state index in [2.05, 4.69) is 25.6 Å². The topological polar surface area (TPSA) is 98.0 Å². The van der Waals surface area contributed by atoms with Crippen molar-refractivity contribution in [3.63, 3.8) is 0 Å². The van der Waals surface area contributed by atoms with Gasteiger partial charge in [-0.05, 0) is 48.4 Å². The molecule has 2 heterocycles.